The summed E-state index contributed by atoms with van der Waals surface area (Å²) < 4.78 is 15.7. The van der Waals surface area contributed by atoms with Crippen LogP contribution in [0.15, 0.2) is 35.5 Å². The Kier molecular flexibility index (Phi) is 5.96. The molecule has 1 fully saturated rings. The first-order valence-electron chi connectivity index (χ1n) is 10.7. The minimum atomic E-state index is -0.526. The second-order valence-electron chi connectivity index (χ2n) is 8.44. The average molecular weight is 432 g/mol. The van der Waals surface area contributed by atoms with Gasteiger partial charge in [-0.2, -0.15) is 5.26 Å². The van der Waals surface area contributed by atoms with E-state index in [4.69, 9.17) is 6.42 Å². The predicted octanol–water partition coefficient (Wildman–Crippen LogP) is 3.68. The summed E-state index contributed by atoms with van der Waals surface area (Å²) in [4.78, 5) is 8.80. The van der Waals surface area contributed by atoms with Gasteiger partial charge in [-0.1, -0.05) is 23.8 Å². The quantitative estimate of drug-likeness (QED) is 0.676. The summed E-state index contributed by atoms with van der Waals surface area (Å²) in [5, 5.41) is 17.8. The zero-order chi connectivity index (χ0) is 22.8. The van der Waals surface area contributed by atoms with Crippen molar-refractivity contribution in [3.05, 3.63) is 47.4 Å². The molecular formula is C24H26FN7. The van der Waals surface area contributed by atoms with Crippen LogP contribution >= 0.6 is 0 Å². The van der Waals surface area contributed by atoms with Gasteiger partial charge >= 0.3 is 0 Å². The molecule has 8 heteroatoms. The summed E-state index contributed by atoms with van der Waals surface area (Å²) in [5.41, 5.74) is 1.80. The fourth-order valence-corrected chi connectivity index (χ4v) is 4.43. The minimum absolute atomic E-state index is 0.0168. The van der Waals surface area contributed by atoms with Crippen molar-refractivity contribution < 1.29 is 4.39 Å². The van der Waals surface area contributed by atoms with E-state index in [1.807, 2.05) is 29.6 Å². The van der Waals surface area contributed by atoms with E-state index in [0.29, 0.717) is 18.3 Å². The zero-order valence-electron chi connectivity index (χ0n) is 18.4. The number of halogens is 1. The van der Waals surface area contributed by atoms with Crippen LogP contribution in [0.5, 0.6) is 0 Å². The summed E-state index contributed by atoms with van der Waals surface area (Å²) in [6, 6.07) is 6.23. The molecule has 2 aromatic rings. The summed E-state index contributed by atoms with van der Waals surface area (Å²) in [7, 11) is 1.94. The van der Waals surface area contributed by atoms with Crippen LogP contribution in [-0.4, -0.2) is 46.2 Å². The number of nitrogens with zero attached hydrogens (tertiary/aromatic N) is 7. The first kappa shape index (κ1) is 21.6. The number of terminal acetylenes is 1. The molecule has 7 nitrogen and oxygen atoms in total. The molecule has 4 rings (SSSR count). The Balaban J connectivity index is 1.54. The Morgan fingerprint density at radius 1 is 1.44 bits per heavy atom. The lowest BCUT2D eigenvalue weighted by atomic mass is 9.96. The van der Waals surface area contributed by atoms with Crippen molar-refractivity contribution in [1.82, 2.24) is 19.9 Å². The average Bonchev–Trinajstić information content (AvgIpc) is 3.22. The molecule has 3 heterocycles. The number of rotatable bonds is 5. The van der Waals surface area contributed by atoms with Gasteiger partial charge in [0.25, 0.3) is 0 Å². The van der Waals surface area contributed by atoms with E-state index < -0.39 is 5.82 Å². The number of hydrogen-bond donors (Lipinski definition) is 0. The molecule has 0 saturated carbocycles. The van der Waals surface area contributed by atoms with Crippen molar-refractivity contribution in [1.29, 1.82) is 5.26 Å². The topological polar surface area (TPSA) is 73.3 Å². The maximum Gasteiger partial charge on any atom is 0.218 e. The second-order valence-corrected chi connectivity index (χ2v) is 8.44. The van der Waals surface area contributed by atoms with E-state index in [1.54, 1.807) is 18.3 Å². The van der Waals surface area contributed by atoms with Gasteiger partial charge in [0, 0.05) is 38.6 Å². The number of fused-ring (bicyclic) bond motifs is 1. The third-order valence-corrected chi connectivity index (χ3v) is 6.34. The number of nitriles is 1. The van der Waals surface area contributed by atoms with Crippen molar-refractivity contribution in [2.24, 2.45) is 16.8 Å². The zero-order valence-corrected chi connectivity index (χ0v) is 18.4. The molecule has 1 saturated heterocycles. The Labute approximate surface area is 187 Å². The minimum Gasteiger partial charge on any atom is -0.374 e. The first-order chi connectivity index (χ1) is 15.4. The van der Waals surface area contributed by atoms with Crippen LogP contribution in [0.1, 0.15) is 36.9 Å². The monoisotopic (exact) mass is 431 g/mol. The highest BCUT2D eigenvalue weighted by molar-refractivity contribution is 5.82. The lowest BCUT2D eigenvalue weighted by Crippen LogP contribution is -2.38. The molecule has 0 aliphatic carbocycles. The molecule has 0 spiro atoms. The third-order valence-electron chi connectivity index (χ3n) is 6.34. The highest BCUT2D eigenvalue weighted by Crippen LogP contribution is 2.36. The third kappa shape index (κ3) is 3.97. The van der Waals surface area contributed by atoms with Crippen LogP contribution in [0.3, 0.4) is 0 Å². The molecule has 3 unspecified atom stereocenters. The Morgan fingerprint density at radius 2 is 2.25 bits per heavy atom. The molecule has 0 amide bonds. The standard InChI is InChI=1S/C24H26FN7/c1-5-16(2)17(3)31-10-6-7-18(14-31)15-32-24-23(28-29-32)27-13-22(30(24)4)19-8-9-21(25)20(11-19)12-26/h1,8-9,11,13,16,18,22H,3,6-7,10,14-15H2,2,4H3. The van der Waals surface area contributed by atoms with E-state index >= 15 is 0 Å². The molecule has 2 aliphatic rings. The number of benzene rings is 1. The molecule has 1 aromatic heterocycles. The van der Waals surface area contributed by atoms with E-state index in [2.05, 4.69) is 32.7 Å². The van der Waals surface area contributed by atoms with Gasteiger partial charge < -0.3 is 9.80 Å². The van der Waals surface area contributed by atoms with Crippen LogP contribution in [0, 0.1) is 41.3 Å². The van der Waals surface area contributed by atoms with Crippen molar-refractivity contribution in [3.63, 3.8) is 0 Å². The van der Waals surface area contributed by atoms with Crippen molar-refractivity contribution in [2.45, 2.75) is 32.4 Å². The molecule has 0 N–H and O–H groups in total. The number of hydrogen-bond acceptors (Lipinski definition) is 6. The van der Waals surface area contributed by atoms with Crippen LogP contribution in [-0.2, 0) is 6.54 Å². The Bertz CT molecular complexity index is 1140. The summed E-state index contributed by atoms with van der Waals surface area (Å²) in [6.45, 7) is 8.74. The lowest BCUT2D eigenvalue weighted by molar-refractivity contribution is 0.188. The highest BCUT2D eigenvalue weighted by atomic mass is 19.1. The first-order valence-corrected chi connectivity index (χ1v) is 10.7. The van der Waals surface area contributed by atoms with Crippen molar-refractivity contribution >= 4 is 17.9 Å². The molecule has 0 radical (unpaired) electrons. The molecule has 32 heavy (non-hydrogen) atoms. The molecule has 3 atom stereocenters. The van der Waals surface area contributed by atoms with Gasteiger partial charge in [0.15, 0.2) is 5.82 Å². The fraction of sp³-hybridized carbons (Fsp3) is 0.417. The maximum atomic E-state index is 13.8. The molecule has 1 aromatic carbocycles. The molecule has 2 aliphatic heterocycles. The summed E-state index contributed by atoms with van der Waals surface area (Å²) in [5.74, 6) is 4.01. The van der Waals surface area contributed by atoms with E-state index in [0.717, 1.165) is 43.0 Å². The SMILES string of the molecule is C#CC(C)C(=C)N1CCCC(Cn2nnc3c2N(C)C(c2ccc(F)c(C#N)c2)C=N3)C1. The maximum absolute atomic E-state index is 13.8. The molecule has 164 valence electrons. The van der Waals surface area contributed by atoms with Crippen molar-refractivity contribution in [3.8, 4) is 18.4 Å². The number of anilines is 1. The lowest BCUT2D eigenvalue weighted by Gasteiger charge is -2.37. The van der Waals surface area contributed by atoms with Crippen LogP contribution in [0.25, 0.3) is 0 Å². The number of aliphatic imine (C=N–C) groups is 1. The Hall–Kier alpha value is -3.65. The second kappa shape index (κ2) is 8.84. The van der Waals surface area contributed by atoms with Gasteiger partial charge in [0.05, 0.1) is 17.5 Å². The van der Waals surface area contributed by atoms with Crippen LogP contribution in [0.2, 0.25) is 0 Å². The van der Waals surface area contributed by atoms with Crippen LogP contribution in [0.4, 0.5) is 16.0 Å². The van der Waals surface area contributed by atoms with Gasteiger partial charge in [-0.15, -0.1) is 11.5 Å². The van der Waals surface area contributed by atoms with Gasteiger partial charge in [-0.25, -0.2) is 14.1 Å². The van der Waals surface area contributed by atoms with Gasteiger partial charge in [0.1, 0.15) is 11.9 Å². The van der Waals surface area contributed by atoms with Crippen molar-refractivity contribution in [2.75, 3.05) is 25.0 Å². The van der Waals surface area contributed by atoms with Gasteiger partial charge in [-0.05, 0) is 43.4 Å². The van der Waals surface area contributed by atoms with Gasteiger partial charge in [0.2, 0.25) is 5.82 Å². The summed E-state index contributed by atoms with van der Waals surface area (Å²) >= 11 is 0. The number of likely N-dealkylation sites (tertiary alicyclic amines) is 1. The van der Waals surface area contributed by atoms with Crippen LogP contribution < -0.4 is 4.90 Å². The number of aromatic nitrogens is 3. The highest BCUT2D eigenvalue weighted by Gasteiger charge is 2.30. The largest absolute Gasteiger partial charge is 0.374 e. The van der Waals surface area contributed by atoms with E-state index in [1.165, 1.54) is 6.07 Å². The normalized spacial score (nSPS) is 20.9. The smallest absolute Gasteiger partial charge is 0.218 e. The van der Waals surface area contributed by atoms with Gasteiger partial charge in [-0.3, -0.25) is 0 Å². The molecular weight excluding hydrogens is 405 g/mol. The fourth-order valence-electron chi connectivity index (χ4n) is 4.43. The summed E-state index contributed by atoms with van der Waals surface area (Å²) in [6.07, 6.45) is 9.50. The Morgan fingerprint density at radius 3 is 3.00 bits per heavy atom. The van der Waals surface area contributed by atoms with E-state index in [-0.39, 0.29) is 17.5 Å². The number of allylic oxidation sites excluding steroid dienone is 1. The molecule has 0 bridgehead atoms. The predicted molar refractivity (Wildman–Crippen MR) is 122 cm³/mol. The van der Waals surface area contributed by atoms with E-state index in [9.17, 15) is 9.65 Å². The number of piperidine rings is 1.